The fourth-order valence-corrected chi connectivity index (χ4v) is 3.20. The van der Waals surface area contributed by atoms with E-state index in [9.17, 15) is 13.2 Å². The topological polar surface area (TPSA) is 138 Å². The Morgan fingerprint density at radius 2 is 2.19 bits per heavy atom. The van der Waals surface area contributed by atoms with Crippen molar-refractivity contribution in [2.45, 2.75) is 17.9 Å². The number of carboxylic acids is 1. The van der Waals surface area contributed by atoms with Gasteiger partial charge in [0.05, 0.1) is 16.5 Å². The van der Waals surface area contributed by atoms with Crippen LogP contribution in [0.25, 0.3) is 0 Å². The fraction of sp³-hybridized carbons (Fsp3) is 0.167. The van der Waals surface area contributed by atoms with Crippen molar-refractivity contribution in [3.8, 4) is 0 Å². The Bertz CT molecular complexity index is 756. The van der Waals surface area contributed by atoms with Gasteiger partial charge in [0.15, 0.2) is 0 Å². The van der Waals surface area contributed by atoms with Crippen molar-refractivity contribution < 1.29 is 18.3 Å². The lowest BCUT2D eigenvalue weighted by molar-refractivity contribution is 0.0692. The number of hydrogen-bond acceptors (Lipinski definition) is 5. The molecule has 1 atom stereocenters. The summed E-state index contributed by atoms with van der Waals surface area (Å²) < 4.78 is 27.0. The lowest BCUT2D eigenvalue weighted by atomic mass is 10.2. The maximum absolute atomic E-state index is 12.3. The molecule has 21 heavy (non-hydrogen) atoms. The number of aromatic carboxylic acids is 1. The van der Waals surface area contributed by atoms with Crippen molar-refractivity contribution in [3.05, 3.63) is 42.0 Å². The number of sulfonamides is 1. The average Bonchev–Trinajstić information content (AvgIpc) is 2.91. The maximum atomic E-state index is 12.3. The number of nitrogen functional groups attached to an aromatic ring is 1. The molecule has 0 saturated heterocycles. The molecule has 5 N–H and O–H groups in total. The molecule has 0 aliphatic carbocycles. The van der Waals surface area contributed by atoms with E-state index in [1.54, 1.807) is 13.1 Å². The van der Waals surface area contributed by atoms with Crippen LogP contribution in [0.5, 0.6) is 0 Å². The highest BCUT2D eigenvalue weighted by Gasteiger charge is 2.25. The van der Waals surface area contributed by atoms with Crippen LogP contribution in [0.2, 0.25) is 0 Å². The Hall–Kier alpha value is -2.39. The molecule has 0 aliphatic heterocycles. The summed E-state index contributed by atoms with van der Waals surface area (Å²) in [5.74, 6) is -0.945. The summed E-state index contributed by atoms with van der Waals surface area (Å²) in [5, 5.41) is 9.11. The standard InChI is InChI=1S/C12H14N4O4S/c1-7(11-14-4-5-15-11)16-21(19,20)10-3-2-8(13)6-9(10)12(17)18/h2-7,16H,13H2,1H3,(H,14,15)(H,17,18). The predicted molar refractivity (Wildman–Crippen MR) is 75.1 cm³/mol. The lowest BCUT2D eigenvalue weighted by Crippen LogP contribution is -2.29. The number of H-pyrrole nitrogens is 1. The SMILES string of the molecule is CC(NS(=O)(=O)c1ccc(N)cc1C(=O)O)c1ncc[nH]1. The molecule has 1 aromatic carbocycles. The summed E-state index contributed by atoms with van der Waals surface area (Å²) in [6.07, 6.45) is 3.05. The monoisotopic (exact) mass is 310 g/mol. The number of aromatic amines is 1. The molecule has 2 rings (SSSR count). The molecule has 2 aromatic rings. The zero-order valence-electron chi connectivity index (χ0n) is 11.1. The van der Waals surface area contributed by atoms with E-state index in [0.717, 1.165) is 12.1 Å². The van der Waals surface area contributed by atoms with Crippen LogP contribution in [0.1, 0.15) is 29.1 Å². The fourth-order valence-electron chi connectivity index (χ4n) is 1.82. The number of benzene rings is 1. The summed E-state index contributed by atoms with van der Waals surface area (Å²) in [4.78, 5) is 17.6. The summed E-state index contributed by atoms with van der Waals surface area (Å²) in [5.41, 5.74) is 5.28. The second kappa shape index (κ2) is 5.54. The first-order valence-corrected chi connectivity index (χ1v) is 7.44. The summed E-state index contributed by atoms with van der Waals surface area (Å²) in [6, 6.07) is 2.97. The normalized spacial score (nSPS) is 13.0. The van der Waals surface area contributed by atoms with Gasteiger partial charge in [-0.3, -0.25) is 0 Å². The first-order chi connectivity index (χ1) is 9.81. The van der Waals surface area contributed by atoms with Crippen LogP contribution < -0.4 is 10.5 Å². The van der Waals surface area contributed by atoms with E-state index >= 15 is 0 Å². The highest BCUT2D eigenvalue weighted by molar-refractivity contribution is 7.89. The molecule has 0 radical (unpaired) electrons. The van der Waals surface area contributed by atoms with E-state index in [4.69, 9.17) is 10.8 Å². The van der Waals surface area contributed by atoms with Crippen LogP contribution in [0.4, 0.5) is 5.69 Å². The van der Waals surface area contributed by atoms with Crippen LogP contribution in [-0.2, 0) is 10.0 Å². The quantitative estimate of drug-likeness (QED) is 0.600. The van der Waals surface area contributed by atoms with Gasteiger partial charge in [0.25, 0.3) is 0 Å². The molecule has 0 amide bonds. The summed E-state index contributed by atoms with van der Waals surface area (Å²) in [6.45, 7) is 1.59. The first kappa shape index (κ1) is 15.0. The predicted octanol–water partition coefficient (Wildman–Crippen LogP) is 0.730. The average molecular weight is 310 g/mol. The highest BCUT2D eigenvalue weighted by atomic mass is 32.2. The number of hydrogen-bond donors (Lipinski definition) is 4. The zero-order valence-corrected chi connectivity index (χ0v) is 11.9. The van der Waals surface area contributed by atoms with Gasteiger partial charge in [-0.25, -0.2) is 22.9 Å². The minimum atomic E-state index is -4.02. The number of nitrogens with two attached hydrogens (primary N) is 1. The van der Waals surface area contributed by atoms with Crippen molar-refractivity contribution in [1.29, 1.82) is 0 Å². The Morgan fingerprint density at radius 1 is 1.48 bits per heavy atom. The molecule has 1 unspecified atom stereocenters. The third-order valence-corrected chi connectivity index (χ3v) is 4.38. The minimum Gasteiger partial charge on any atom is -0.478 e. The molecule has 0 aliphatic rings. The van der Waals surface area contributed by atoms with E-state index in [2.05, 4.69) is 14.7 Å². The van der Waals surface area contributed by atoms with Gasteiger partial charge in [-0.05, 0) is 25.1 Å². The molecular weight excluding hydrogens is 296 g/mol. The molecule has 0 saturated carbocycles. The van der Waals surface area contributed by atoms with Crippen LogP contribution in [-0.4, -0.2) is 29.5 Å². The van der Waals surface area contributed by atoms with Gasteiger partial charge in [0.1, 0.15) is 5.82 Å². The van der Waals surface area contributed by atoms with Crippen LogP contribution in [0, 0.1) is 0 Å². The third-order valence-electron chi connectivity index (χ3n) is 2.78. The van der Waals surface area contributed by atoms with Gasteiger partial charge < -0.3 is 15.8 Å². The summed E-state index contributed by atoms with van der Waals surface area (Å²) >= 11 is 0. The molecule has 8 nitrogen and oxygen atoms in total. The van der Waals surface area contributed by atoms with Gasteiger partial charge in [0, 0.05) is 18.1 Å². The van der Waals surface area contributed by atoms with Gasteiger partial charge in [0.2, 0.25) is 10.0 Å². The van der Waals surface area contributed by atoms with Crippen molar-refractivity contribution in [1.82, 2.24) is 14.7 Å². The van der Waals surface area contributed by atoms with Crippen molar-refractivity contribution >= 4 is 21.7 Å². The largest absolute Gasteiger partial charge is 0.478 e. The van der Waals surface area contributed by atoms with Crippen LogP contribution in [0.3, 0.4) is 0 Å². The van der Waals surface area contributed by atoms with E-state index < -0.39 is 22.0 Å². The molecule has 0 spiro atoms. The van der Waals surface area contributed by atoms with Crippen LogP contribution in [0.15, 0.2) is 35.5 Å². The molecule has 0 fully saturated rings. The Kier molecular flexibility index (Phi) is 3.96. The Morgan fingerprint density at radius 3 is 2.76 bits per heavy atom. The minimum absolute atomic E-state index is 0.172. The number of anilines is 1. The van der Waals surface area contributed by atoms with E-state index in [0.29, 0.717) is 5.82 Å². The Balaban J connectivity index is 2.38. The van der Waals surface area contributed by atoms with E-state index in [1.807, 2.05) is 0 Å². The van der Waals surface area contributed by atoms with E-state index in [1.165, 1.54) is 12.3 Å². The molecule has 0 bridgehead atoms. The molecule has 1 heterocycles. The highest BCUT2D eigenvalue weighted by Crippen LogP contribution is 2.21. The van der Waals surface area contributed by atoms with Gasteiger partial charge in [-0.2, -0.15) is 0 Å². The van der Waals surface area contributed by atoms with Gasteiger partial charge >= 0.3 is 5.97 Å². The summed E-state index contributed by atoms with van der Waals surface area (Å²) in [7, 11) is -4.02. The van der Waals surface area contributed by atoms with Gasteiger partial charge in [-0.15, -0.1) is 0 Å². The molecule has 1 aromatic heterocycles. The van der Waals surface area contributed by atoms with Crippen LogP contribution >= 0.6 is 0 Å². The number of imidazole rings is 1. The van der Waals surface area contributed by atoms with Crippen molar-refractivity contribution in [2.75, 3.05) is 5.73 Å². The van der Waals surface area contributed by atoms with Crippen molar-refractivity contribution in [3.63, 3.8) is 0 Å². The van der Waals surface area contributed by atoms with Gasteiger partial charge in [-0.1, -0.05) is 0 Å². The lowest BCUT2D eigenvalue weighted by Gasteiger charge is -2.14. The molecule has 9 heteroatoms. The number of nitrogens with one attached hydrogen (secondary N) is 2. The smallest absolute Gasteiger partial charge is 0.337 e. The van der Waals surface area contributed by atoms with Crippen molar-refractivity contribution in [2.24, 2.45) is 0 Å². The number of carbonyl (C=O) groups is 1. The second-order valence-electron chi connectivity index (χ2n) is 4.38. The zero-order chi connectivity index (χ0) is 15.6. The Labute approximate surface area is 121 Å². The number of carboxylic acid groups (broad SMARTS) is 1. The molecule has 112 valence electrons. The first-order valence-electron chi connectivity index (χ1n) is 5.95. The van der Waals surface area contributed by atoms with E-state index in [-0.39, 0.29) is 16.1 Å². The molecular formula is C12H14N4O4S. The third kappa shape index (κ3) is 3.20. The number of nitrogens with zero attached hydrogens (tertiary/aromatic N) is 1. The second-order valence-corrected chi connectivity index (χ2v) is 6.06. The number of rotatable bonds is 5. The maximum Gasteiger partial charge on any atom is 0.337 e. The number of aromatic nitrogens is 2.